The van der Waals surface area contributed by atoms with Crippen LogP contribution in [0.25, 0.3) is 0 Å². The minimum absolute atomic E-state index is 0.130. The van der Waals surface area contributed by atoms with Gasteiger partial charge in [0.2, 0.25) is 0 Å². The monoisotopic (exact) mass is 422 g/mol. The summed E-state index contributed by atoms with van der Waals surface area (Å²) in [5.41, 5.74) is 2.05. The molecule has 0 fully saturated rings. The number of Topliss-reactive ketones (excluding diaryl/α,β-unsaturated/α-hetero) is 1. The second-order valence-electron chi connectivity index (χ2n) is 7.26. The predicted octanol–water partition coefficient (Wildman–Crippen LogP) is 5.57. The summed E-state index contributed by atoms with van der Waals surface area (Å²) in [6.07, 6.45) is 0.757. The van der Waals surface area contributed by atoms with Gasteiger partial charge in [0.05, 0.1) is 16.8 Å². The van der Waals surface area contributed by atoms with E-state index in [0.717, 1.165) is 12.0 Å². The van der Waals surface area contributed by atoms with E-state index in [-0.39, 0.29) is 17.1 Å². The first-order valence-corrected chi connectivity index (χ1v) is 11.6. The van der Waals surface area contributed by atoms with Gasteiger partial charge in [-0.2, -0.15) is 0 Å². The molecule has 0 aliphatic heterocycles. The van der Waals surface area contributed by atoms with E-state index in [1.807, 2.05) is 19.9 Å². The molecule has 1 atom stereocenters. The molecule has 0 saturated heterocycles. The highest BCUT2D eigenvalue weighted by molar-refractivity contribution is 7.91. The van der Waals surface area contributed by atoms with Crippen LogP contribution < -0.4 is 4.74 Å². The summed E-state index contributed by atoms with van der Waals surface area (Å²) in [4.78, 5) is 13.1. The topological polar surface area (TPSA) is 60.4 Å². The molecule has 5 heteroatoms. The van der Waals surface area contributed by atoms with Gasteiger partial charge in [0.1, 0.15) is 5.75 Å². The Labute approximate surface area is 178 Å². The second kappa shape index (κ2) is 9.72. The molecule has 0 saturated carbocycles. The van der Waals surface area contributed by atoms with Crippen molar-refractivity contribution in [1.82, 2.24) is 0 Å². The molecule has 3 aromatic carbocycles. The van der Waals surface area contributed by atoms with Crippen molar-refractivity contribution in [3.05, 3.63) is 95.6 Å². The Hall–Kier alpha value is -2.92. The number of benzene rings is 3. The molecule has 0 amide bonds. The number of hydrogen-bond acceptors (Lipinski definition) is 4. The number of rotatable bonds is 9. The second-order valence-corrected chi connectivity index (χ2v) is 9.39. The van der Waals surface area contributed by atoms with E-state index < -0.39 is 15.1 Å². The highest BCUT2D eigenvalue weighted by atomic mass is 32.2. The van der Waals surface area contributed by atoms with E-state index in [1.54, 1.807) is 72.8 Å². The number of ketones is 1. The van der Waals surface area contributed by atoms with Crippen LogP contribution in [0, 0.1) is 6.92 Å². The van der Waals surface area contributed by atoms with Gasteiger partial charge in [0, 0.05) is 12.0 Å². The number of aryl methyl sites for hydroxylation is 1. The third-order valence-electron chi connectivity index (χ3n) is 4.92. The van der Waals surface area contributed by atoms with Crippen LogP contribution in [-0.2, 0) is 9.84 Å². The summed E-state index contributed by atoms with van der Waals surface area (Å²) in [6, 6.07) is 22.5. The number of carbonyl (C=O) groups is 1. The number of sulfone groups is 1. The Balaban J connectivity index is 1.97. The maximum atomic E-state index is 13.5. The number of ether oxygens (including phenoxy) is 1. The van der Waals surface area contributed by atoms with Crippen molar-refractivity contribution < 1.29 is 17.9 Å². The summed E-state index contributed by atoms with van der Waals surface area (Å²) < 4.78 is 32.6. The molecule has 3 aromatic rings. The number of carbonyl (C=O) groups excluding carboxylic acids is 1. The van der Waals surface area contributed by atoms with Crippen LogP contribution in [0.4, 0.5) is 0 Å². The molecule has 0 spiro atoms. The van der Waals surface area contributed by atoms with Crippen molar-refractivity contribution in [3.8, 4) is 5.75 Å². The zero-order valence-corrected chi connectivity index (χ0v) is 18.1. The normalized spacial score (nSPS) is 12.3. The van der Waals surface area contributed by atoms with Gasteiger partial charge in [-0.3, -0.25) is 4.79 Å². The van der Waals surface area contributed by atoms with Crippen molar-refractivity contribution in [2.75, 3.05) is 6.61 Å². The molecule has 0 aromatic heterocycles. The van der Waals surface area contributed by atoms with Crippen LogP contribution in [0.1, 0.15) is 46.5 Å². The zero-order chi connectivity index (χ0) is 21.6. The lowest BCUT2D eigenvalue weighted by Gasteiger charge is -2.19. The summed E-state index contributed by atoms with van der Waals surface area (Å²) in [5.74, 6) is 0.476. The van der Waals surface area contributed by atoms with Gasteiger partial charge in [-0.15, -0.1) is 0 Å². The van der Waals surface area contributed by atoms with Gasteiger partial charge in [0.15, 0.2) is 15.6 Å². The first-order chi connectivity index (χ1) is 14.4. The molecular formula is C25H26O4S. The molecule has 156 valence electrons. The fourth-order valence-corrected chi connectivity index (χ4v) is 4.94. The molecule has 0 heterocycles. The molecule has 0 N–H and O–H groups in total. The first kappa shape index (κ1) is 21.8. The van der Waals surface area contributed by atoms with Crippen LogP contribution in [-0.4, -0.2) is 20.8 Å². The maximum absolute atomic E-state index is 13.5. The Morgan fingerprint density at radius 3 is 2.13 bits per heavy atom. The minimum atomic E-state index is -3.77. The third-order valence-corrected chi connectivity index (χ3v) is 7.03. The molecule has 4 nitrogen and oxygen atoms in total. The van der Waals surface area contributed by atoms with E-state index in [1.165, 1.54) is 0 Å². The molecule has 0 aliphatic carbocycles. The largest absolute Gasteiger partial charge is 0.494 e. The van der Waals surface area contributed by atoms with Crippen molar-refractivity contribution in [3.63, 3.8) is 0 Å². The van der Waals surface area contributed by atoms with Crippen molar-refractivity contribution in [2.45, 2.75) is 36.8 Å². The van der Waals surface area contributed by atoms with Gasteiger partial charge in [-0.25, -0.2) is 8.42 Å². The highest BCUT2D eigenvalue weighted by Gasteiger charge is 2.31. The molecule has 0 aliphatic rings. The average Bonchev–Trinajstić information content (AvgIpc) is 2.77. The molecular weight excluding hydrogens is 396 g/mol. The van der Waals surface area contributed by atoms with Crippen LogP contribution in [0.5, 0.6) is 5.75 Å². The Bertz CT molecular complexity index is 1070. The predicted molar refractivity (Wildman–Crippen MR) is 119 cm³/mol. The molecule has 0 radical (unpaired) electrons. The van der Waals surface area contributed by atoms with Crippen LogP contribution >= 0.6 is 0 Å². The maximum Gasteiger partial charge on any atom is 0.185 e. The summed E-state index contributed by atoms with van der Waals surface area (Å²) in [7, 11) is -3.77. The standard InChI is InChI=1S/C25H26O4S/c1-3-17-29-22-13-11-21(12-14-22)25(18-24(26)20-7-5-4-6-8-20)30(27,28)23-15-9-19(2)10-16-23/h4-16,25H,3,17-18H2,1-2H3. The highest BCUT2D eigenvalue weighted by Crippen LogP contribution is 2.34. The lowest BCUT2D eigenvalue weighted by Crippen LogP contribution is -2.18. The fourth-order valence-electron chi connectivity index (χ4n) is 3.21. The van der Waals surface area contributed by atoms with E-state index >= 15 is 0 Å². The van der Waals surface area contributed by atoms with Gasteiger partial charge in [-0.05, 0) is 43.2 Å². The van der Waals surface area contributed by atoms with Gasteiger partial charge in [-0.1, -0.05) is 67.1 Å². The lowest BCUT2D eigenvalue weighted by molar-refractivity contribution is 0.0980. The summed E-state index contributed by atoms with van der Waals surface area (Å²) in [6.45, 7) is 4.52. The lowest BCUT2D eigenvalue weighted by atomic mass is 10.0. The van der Waals surface area contributed by atoms with E-state index in [0.29, 0.717) is 23.5 Å². The quantitative estimate of drug-likeness (QED) is 0.423. The Kier molecular flexibility index (Phi) is 7.06. The third kappa shape index (κ3) is 5.16. The van der Waals surface area contributed by atoms with Gasteiger partial charge >= 0.3 is 0 Å². The van der Waals surface area contributed by atoms with Gasteiger partial charge in [0.25, 0.3) is 0 Å². The smallest absolute Gasteiger partial charge is 0.185 e. The van der Waals surface area contributed by atoms with E-state index in [4.69, 9.17) is 4.74 Å². The van der Waals surface area contributed by atoms with Crippen molar-refractivity contribution in [1.29, 1.82) is 0 Å². The van der Waals surface area contributed by atoms with Crippen molar-refractivity contribution in [2.24, 2.45) is 0 Å². The van der Waals surface area contributed by atoms with E-state index in [9.17, 15) is 13.2 Å². The molecule has 1 unspecified atom stereocenters. The molecule has 30 heavy (non-hydrogen) atoms. The minimum Gasteiger partial charge on any atom is -0.494 e. The van der Waals surface area contributed by atoms with Crippen LogP contribution in [0.2, 0.25) is 0 Å². The average molecular weight is 423 g/mol. The molecule has 3 rings (SSSR count). The van der Waals surface area contributed by atoms with Crippen LogP contribution in [0.15, 0.2) is 83.8 Å². The van der Waals surface area contributed by atoms with Crippen molar-refractivity contribution >= 4 is 15.6 Å². The Morgan fingerprint density at radius 2 is 1.53 bits per heavy atom. The summed E-state index contributed by atoms with van der Waals surface area (Å²) in [5, 5.41) is -0.979. The summed E-state index contributed by atoms with van der Waals surface area (Å²) >= 11 is 0. The SMILES string of the molecule is CCCOc1ccc(C(CC(=O)c2ccccc2)S(=O)(=O)c2ccc(C)cc2)cc1. The zero-order valence-electron chi connectivity index (χ0n) is 17.2. The Morgan fingerprint density at radius 1 is 0.900 bits per heavy atom. The fraction of sp³-hybridized carbons (Fsp3) is 0.240. The van der Waals surface area contributed by atoms with Crippen LogP contribution in [0.3, 0.4) is 0 Å². The molecule has 0 bridgehead atoms. The van der Waals surface area contributed by atoms with Gasteiger partial charge < -0.3 is 4.74 Å². The number of hydrogen-bond donors (Lipinski definition) is 0. The van der Waals surface area contributed by atoms with E-state index in [2.05, 4.69) is 0 Å². The first-order valence-electron chi connectivity index (χ1n) is 10.0.